The largest absolute Gasteiger partial charge is 0.494 e. The van der Waals surface area contributed by atoms with Gasteiger partial charge in [0.25, 0.3) is 11.8 Å². The van der Waals surface area contributed by atoms with E-state index < -0.39 is 5.91 Å². The third-order valence-corrected chi connectivity index (χ3v) is 3.11. The molecular weight excluding hydrogens is 270 g/mol. The van der Waals surface area contributed by atoms with Crippen molar-refractivity contribution >= 4 is 23.3 Å². The van der Waals surface area contributed by atoms with E-state index in [0.717, 1.165) is 4.88 Å². The standard InChI is InChI=1S/C11H9N3O4S/c15-9(7-6-16-3-4-17-7)12-11-14-13-10(18-11)8-2-1-5-19-8/h1-2,5-6H,3-4H2,(H,12,14,15). The fourth-order valence-corrected chi connectivity index (χ4v) is 2.06. The van der Waals surface area contributed by atoms with Gasteiger partial charge in [-0.2, -0.15) is 0 Å². The van der Waals surface area contributed by atoms with Gasteiger partial charge in [0, 0.05) is 0 Å². The van der Waals surface area contributed by atoms with Crippen LogP contribution in [0.1, 0.15) is 0 Å². The van der Waals surface area contributed by atoms with Gasteiger partial charge in [-0.25, -0.2) is 0 Å². The zero-order valence-corrected chi connectivity index (χ0v) is 10.5. The number of amides is 1. The molecule has 8 heteroatoms. The summed E-state index contributed by atoms with van der Waals surface area (Å²) >= 11 is 1.47. The van der Waals surface area contributed by atoms with Crippen LogP contribution < -0.4 is 5.32 Å². The number of rotatable bonds is 3. The van der Waals surface area contributed by atoms with Crippen molar-refractivity contribution in [2.75, 3.05) is 18.5 Å². The van der Waals surface area contributed by atoms with Gasteiger partial charge >= 0.3 is 6.01 Å². The molecule has 1 aliphatic rings. The van der Waals surface area contributed by atoms with Crippen molar-refractivity contribution in [2.45, 2.75) is 0 Å². The van der Waals surface area contributed by atoms with Gasteiger partial charge in [-0.15, -0.1) is 16.4 Å². The predicted octanol–water partition coefficient (Wildman–Crippen LogP) is 1.62. The van der Waals surface area contributed by atoms with Gasteiger partial charge in [-0.3, -0.25) is 10.1 Å². The summed E-state index contributed by atoms with van der Waals surface area (Å²) in [5, 5.41) is 11.9. The normalized spacial score (nSPS) is 14.2. The quantitative estimate of drug-likeness (QED) is 0.918. The molecule has 1 amide bonds. The second-order valence-electron chi connectivity index (χ2n) is 3.55. The van der Waals surface area contributed by atoms with Crippen LogP contribution >= 0.6 is 11.3 Å². The number of hydrogen-bond donors (Lipinski definition) is 1. The highest BCUT2D eigenvalue weighted by Crippen LogP contribution is 2.24. The van der Waals surface area contributed by atoms with Crippen molar-refractivity contribution in [3.8, 4) is 10.8 Å². The van der Waals surface area contributed by atoms with Crippen LogP contribution in [0.25, 0.3) is 10.8 Å². The summed E-state index contributed by atoms with van der Waals surface area (Å²) < 4.78 is 15.4. The van der Waals surface area contributed by atoms with Gasteiger partial charge in [0.05, 0.1) is 4.88 Å². The molecule has 7 nitrogen and oxygen atoms in total. The second kappa shape index (κ2) is 5.11. The van der Waals surface area contributed by atoms with Crippen LogP contribution in [0.2, 0.25) is 0 Å². The van der Waals surface area contributed by atoms with Gasteiger partial charge < -0.3 is 13.9 Å². The van der Waals surface area contributed by atoms with E-state index in [-0.39, 0.29) is 11.8 Å². The van der Waals surface area contributed by atoms with Gasteiger partial charge in [0.15, 0.2) is 0 Å². The Kier molecular flexibility index (Phi) is 3.15. The van der Waals surface area contributed by atoms with Crippen LogP contribution in [0.3, 0.4) is 0 Å². The monoisotopic (exact) mass is 279 g/mol. The van der Waals surface area contributed by atoms with E-state index in [0.29, 0.717) is 19.1 Å². The van der Waals surface area contributed by atoms with E-state index in [1.165, 1.54) is 17.6 Å². The SMILES string of the molecule is O=C(Nc1nnc(-c2cccs2)o1)C1=COCCO1. The van der Waals surface area contributed by atoms with E-state index in [4.69, 9.17) is 13.9 Å². The molecule has 1 N–H and O–H groups in total. The van der Waals surface area contributed by atoms with Crippen molar-refractivity contribution in [1.82, 2.24) is 10.2 Å². The molecule has 0 fully saturated rings. The number of aromatic nitrogens is 2. The van der Waals surface area contributed by atoms with Crippen molar-refractivity contribution in [1.29, 1.82) is 0 Å². The van der Waals surface area contributed by atoms with Crippen LogP contribution in [0.4, 0.5) is 6.01 Å². The average molecular weight is 279 g/mol. The first-order valence-corrected chi connectivity index (χ1v) is 6.34. The maximum atomic E-state index is 11.8. The van der Waals surface area contributed by atoms with Crippen LogP contribution in [-0.4, -0.2) is 29.3 Å². The second-order valence-corrected chi connectivity index (χ2v) is 4.49. The molecule has 2 aromatic rings. The number of thiophene rings is 1. The Balaban J connectivity index is 1.70. The van der Waals surface area contributed by atoms with E-state index in [1.807, 2.05) is 17.5 Å². The molecule has 0 atom stereocenters. The Labute approximate surface area is 111 Å². The number of carbonyl (C=O) groups excluding carboxylic acids is 1. The summed E-state index contributed by atoms with van der Waals surface area (Å²) in [6.07, 6.45) is 1.26. The van der Waals surface area contributed by atoms with Gasteiger partial charge in [0.1, 0.15) is 19.5 Å². The van der Waals surface area contributed by atoms with Gasteiger partial charge in [0.2, 0.25) is 5.76 Å². The molecule has 0 saturated heterocycles. The Morgan fingerprint density at radius 3 is 3.05 bits per heavy atom. The Morgan fingerprint density at radius 2 is 2.32 bits per heavy atom. The fourth-order valence-electron chi connectivity index (χ4n) is 1.42. The molecule has 0 radical (unpaired) electrons. The zero-order chi connectivity index (χ0) is 13.1. The minimum Gasteiger partial charge on any atom is -0.494 e. The third-order valence-electron chi connectivity index (χ3n) is 2.25. The molecule has 19 heavy (non-hydrogen) atoms. The number of nitrogens with zero attached hydrogens (tertiary/aromatic N) is 2. The molecular formula is C11H9N3O4S. The van der Waals surface area contributed by atoms with E-state index in [9.17, 15) is 4.79 Å². The molecule has 0 spiro atoms. The predicted molar refractivity (Wildman–Crippen MR) is 66.2 cm³/mol. The molecule has 0 unspecified atom stereocenters. The van der Waals surface area contributed by atoms with Crippen molar-refractivity contribution in [3.05, 3.63) is 29.5 Å². The Hall–Kier alpha value is -2.35. The van der Waals surface area contributed by atoms with Crippen molar-refractivity contribution < 1.29 is 18.7 Å². The van der Waals surface area contributed by atoms with Gasteiger partial charge in [-0.05, 0) is 11.4 Å². The molecule has 0 aromatic carbocycles. The molecule has 3 heterocycles. The number of nitrogens with one attached hydrogen (secondary N) is 1. The van der Waals surface area contributed by atoms with E-state index in [1.54, 1.807) is 0 Å². The van der Waals surface area contributed by atoms with E-state index >= 15 is 0 Å². The molecule has 98 valence electrons. The first-order chi connectivity index (χ1) is 9.33. The molecule has 0 aliphatic carbocycles. The lowest BCUT2D eigenvalue weighted by Gasteiger charge is -2.13. The maximum absolute atomic E-state index is 11.8. The number of ether oxygens (including phenoxy) is 2. The van der Waals surface area contributed by atoms with Crippen molar-refractivity contribution in [3.63, 3.8) is 0 Å². The number of carbonyl (C=O) groups is 1. The molecule has 1 aliphatic heterocycles. The minimum absolute atomic E-state index is 0.0171. The molecule has 0 bridgehead atoms. The summed E-state index contributed by atoms with van der Waals surface area (Å²) in [5.41, 5.74) is 0. The lowest BCUT2D eigenvalue weighted by atomic mass is 10.5. The highest BCUT2D eigenvalue weighted by molar-refractivity contribution is 7.13. The van der Waals surface area contributed by atoms with Gasteiger partial charge in [-0.1, -0.05) is 11.2 Å². The van der Waals surface area contributed by atoms with Crippen LogP contribution in [0.5, 0.6) is 0 Å². The summed E-state index contributed by atoms with van der Waals surface area (Å²) in [5.74, 6) is -0.0386. The number of anilines is 1. The average Bonchev–Trinajstić information content (AvgIpc) is 3.10. The first-order valence-electron chi connectivity index (χ1n) is 5.46. The fraction of sp³-hybridized carbons (Fsp3) is 0.182. The lowest BCUT2D eigenvalue weighted by Crippen LogP contribution is -2.21. The molecule has 3 rings (SSSR count). The van der Waals surface area contributed by atoms with Crippen molar-refractivity contribution in [2.24, 2.45) is 0 Å². The zero-order valence-electron chi connectivity index (χ0n) is 9.66. The summed E-state index contributed by atoms with van der Waals surface area (Å²) in [4.78, 5) is 12.6. The maximum Gasteiger partial charge on any atom is 0.322 e. The molecule has 2 aromatic heterocycles. The highest BCUT2D eigenvalue weighted by Gasteiger charge is 2.18. The minimum atomic E-state index is -0.485. The Morgan fingerprint density at radius 1 is 1.37 bits per heavy atom. The smallest absolute Gasteiger partial charge is 0.322 e. The summed E-state index contributed by atoms with van der Waals surface area (Å²) in [7, 11) is 0. The lowest BCUT2D eigenvalue weighted by molar-refractivity contribution is -0.117. The van der Waals surface area contributed by atoms with Crippen LogP contribution in [-0.2, 0) is 14.3 Å². The third kappa shape index (κ3) is 2.58. The topological polar surface area (TPSA) is 86.5 Å². The first kappa shape index (κ1) is 11.7. The highest BCUT2D eigenvalue weighted by atomic mass is 32.1. The summed E-state index contributed by atoms with van der Waals surface area (Å²) in [6, 6.07) is 3.74. The van der Waals surface area contributed by atoms with Crippen LogP contribution in [0, 0.1) is 0 Å². The Bertz CT molecular complexity index is 605. The van der Waals surface area contributed by atoms with Crippen LogP contribution in [0.15, 0.2) is 34.0 Å². The number of hydrogen-bond acceptors (Lipinski definition) is 7. The molecule has 0 saturated carbocycles. The van der Waals surface area contributed by atoms with E-state index in [2.05, 4.69) is 15.5 Å². The summed E-state index contributed by atoms with van der Waals surface area (Å²) in [6.45, 7) is 0.767.